The molecule has 0 heterocycles. The SMILES string of the molecule is CC(C)CC(CN)CC(=O)c1ccc(F)c(F)c1. The molecule has 4 heteroatoms. The number of carbonyl (C=O) groups excluding carboxylic acids is 1. The summed E-state index contributed by atoms with van der Waals surface area (Å²) in [6, 6.07) is 3.23. The van der Waals surface area contributed by atoms with Gasteiger partial charge in [0.25, 0.3) is 0 Å². The lowest BCUT2D eigenvalue weighted by Gasteiger charge is -2.16. The third-order valence-corrected chi connectivity index (χ3v) is 2.85. The molecule has 0 aliphatic heterocycles. The number of hydrogen-bond acceptors (Lipinski definition) is 2. The molecular weight excluding hydrogens is 236 g/mol. The second kappa shape index (κ2) is 6.59. The largest absolute Gasteiger partial charge is 0.330 e. The smallest absolute Gasteiger partial charge is 0.163 e. The van der Waals surface area contributed by atoms with Gasteiger partial charge in [0.05, 0.1) is 0 Å². The van der Waals surface area contributed by atoms with Crippen LogP contribution in [0.1, 0.15) is 37.0 Å². The minimum Gasteiger partial charge on any atom is -0.330 e. The summed E-state index contributed by atoms with van der Waals surface area (Å²) in [6.07, 6.45) is 1.13. The van der Waals surface area contributed by atoms with E-state index in [1.807, 2.05) is 0 Å². The highest BCUT2D eigenvalue weighted by molar-refractivity contribution is 5.96. The predicted molar refractivity (Wildman–Crippen MR) is 67.3 cm³/mol. The van der Waals surface area contributed by atoms with E-state index in [0.29, 0.717) is 12.5 Å². The lowest BCUT2D eigenvalue weighted by molar-refractivity contribution is 0.0957. The average molecular weight is 255 g/mol. The van der Waals surface area contributed by atoms with E-state index in [1.165, 1.54) is 6.07 Å². The summed E-state index contributed by atoms with van der Waals surface area (Å²) in [4.78, 5) is 11.9. The zero-order chi connectivity index (χ0) is 13.7. The van der Waals surface area contributed by atoms with E-state index in [1.54, 1.807) is 0 Å². The van der Waals surface area contributed by atoms with Gasteiger partial charge in [0.1, 0.15) is 0 Å². The molecule has 1 aromatic rings. The van der Waals surface area contributed by atoms with Crippen molar-refractivity contribution in [1.82, 2.24) is 0 Å². The standard InChI is InChI=1S/C14H19F2NO/c1-9(2)5-10(8-17)6-14(18)11-3-4-12(15)13(16)7-11/h3-4,7,9-10H,5-6,8,17H2,1-2H3. The first-order chi connectivity index (χ1) is 8.43. The topological polar surface area (TPSA) is 43.1 Å². The maximum Gasteiger partial charge on any atom is 0.163 e. The number of ketones is 1. The number of benzene rings is 1. The number of nitrogens with two attached hydrogens (primary N) is 1. The Morgan fingerprint density at radius 2 is 1.94 bits per heavy atom. The van der Waals surface area contributed by atoms with E-state index in [9.17, 15) is 13.6 Å². The van der Waals surface area contributed by atoms with Crippen LogP contribution in [0.25, 0.3) is 0 Å². The highest BCUT2D eigenvalue weighted by Crippen LogP contribution is 2.18. The van der Waals surface area contributed by atoms with Crippen molar-refractivity contribution in [3.8, 4) is 0 Å². The normalized spacial score (nSPS) is 12.8. The van der Waals surface area contributed by atoms with E-state index in [2.05, 4.69) is 13.8 Å². The fourth-order valence-electron chi connectivity index (χ4n) is 1.98. The van der Waals surface area contributed by atoms with Crippen LogP contribution in [0.5, 0.6) is 0 Å². The van der Waals surface area contributed by atoms with Crippen LogP contribution in [0.2, 0.25) is 0 Å². The summed E-state index contributed by atoms with van der Waals surface area (Å²) >= 11 is 0. The van der Waals surface area contributed by atoms with E-state index in [4.69, 9.17) is 5.73 Å². The van der Waals surface area contributed by atoms with Crippen LogP contribution in [0, 0.1) is 23.5 Å². The third-order valence-electron chi connectivity index (χ3n) is 2.85. The summed E-state index contributed by atoms with van der Waals surface area (Å²) < 4.78 is 25.8. The van der Waals surface area contributed by atoms with Gasteiger partial charge in [-0.1, -0.05) is 13.8 Å². The number of hydrogen-bond donors (Lipinski definition) is 1. The van der Waals surface area contributed by atoms with Crippen LogP contribution in [0.3, 0.4) is 0 Å². The average Bonchev–Trinajstić information content (AvgIpc) is 2.31. The van der Waals surface area contributed by atoms with Gasteiger partial charge < -0.3 is 5.73 Å². The van der Waals surface area contributed by atoms with Crippen LogP contribution in [-0.4, -0.2) is 12.3 Å². The molecule has 0 fully saturated rings. The number of carbonyl (C=O) groups is 1. The zero-order valence-corrected chi connectivity index (χ0v) is 10.7. The molecule has 0 saturated carbocycles. The fraction of sp³-hybridized carbons (Fsp3) is 0.500. The van der Waals surface area contributed by atoms with E-state index < -0.39 is 11.6 Å². The monoisotopic (exact) mass is 255 g/mol. The molecule has 0 aromatic heterocycles. The van der Waals surface area contributed by atoms with Crippen molar-refractivity contribution in [2.75, 3.05) is 6.54 Å². The summed E-state index contributed by atoms with van der Waals surface area (Å²) in [5.41, 5.74) is 5.82. The van der Waals surface area contributed by atoms with Gasteiger partial charge in [-0.3, -0.25) is 4.79 Å². The van der Waals surface area contributed by atoms with Crippen LogP contribution >= 0.6 is 0 Å². The molecule has 0 amide bonds. The van der Waals surface area contributed by atoms with Crippen molar-refractivity contribution in [3.63, 3.8) is 0 Å². The van der Waals surface area contributed by atoms with Gasteiger partial charge in [0.2, 0.25) is 0 Å². The molecule has 1 atom stereocenters. The van der Waals surface area contributed by atoms with Gasteiger partial charge >= 0.3 is 0 Å². The fourth-order valence-corrected chi connectivity index (χ4v) is 1.98. The van der Waals surface area contributed by atoms with E-state index in [-0.39, 0.29) is 23.7 Å². The number of halogens is 2. The quantitative estimate of drug-likeness (QED) is 0.793. The third kappa shape index (κ3) is 4.18. The zero-order valence-electron chi connectivity index (χ0n) is 10.7. The van der Waals surface area contributed by atoms with Crippen molar-refractivity contribution >= 4 is 5.78 Å². The lowest BCUT2D eigenvalue weighted by atomic mass is 9.91. The number of Topliss-reactive ketones (excluding diaryl/α,β-unsaturated/α-hetero) is 1. The maximum atomic E-state index is 13.0. The van der Waals surface area contributed by atoms with Crippen molar-refractivity contribution in [1.29, 1.82) is 0 Å². The van der Waals surface area contributed by atoms with Crippen molar-refractivity contribution < 1.29 is 13.6 Å². The molecule has 0 aliphatic carbocycles. The van der Waals surface area contributed by atoms with Crippen LogP contribution in [0.4, 0.5) is 8.78 Å². The molecule has 0 aliphatic rings. The Hall–Kier alpha value is -1.29. The van der Waals surface area contributed by atoms with Crippen LogP contribution < -0.4 is 5.73 Å². The first-order valence-electron chi connectivity index (χ1n) is 6.12. The van der Waals surface area contributed by atoms with Gasteiger partial charge in [0, 0.05) is 12.0 Å². The van der Waals surface area contributed by atoms with Gasteiger partial charge in [-0.05, 0) is 43.0 Å². The maximum absolute atomic E-state index is 13.0. The first kappa shape index (κ1) is 14.8. The molecule has 2 N–H and O–H groups in total. The Bertz CT molecular complexity index is 418. The van der Waals surface area contributed by atoms with Crippen LogP contribution in [0.15, 0.2) is 18.2 Å². The van der Waals surface area contributed by atoms with Gasteiger partial charge in [-0.25, -0.2) is 8.78 Å². The van der Waals surface area contributed by atoms with Gasteiger partial charge in [-0.15, -0.1) is 0 Å². The summed E-state index contributed by atoms with van der Waals surface area (Å²) in [5, 5.41) is 0. The van der Waals surface area contributed by atoms with Crippen molar-refractivity contribution in [2.24, 2.45) is 17.6 Å². The Balaban J connectivity index is 2.71. The van der Waals surface area contributed by atoms with E-state index >= 15 is 0 Å². The molecule has 1 aromatic carbocycles. The van der Waals surface area contributed by atoms with Crippen molar-refractivity contribution in [3.05, 3.63) is 35.4 Å². The number of rotatable bonds is 6. The van der Waals surface area contributed by atoms with Crippen LogP contribution in [-0.2, 0) is 0 Å². The van der Waals surface area contributed by atoms with E-state index in [0.717, 1.165) is 18.6 Å². The molecular formula is C14H19F2NO. The molecule has 2 nitrogen and oxygen atoms in total. The second-order valence-corrected chi connectivity index (χ2v) is 4.99. The molecule has 18 heavy (non-hydrogen) atoms. The molecule has 0 radical (unpaired) electrons. The Morgan fingerprint density at radius 1 is 1.28 bits per heavy atom. The predicted octanol–water partition coefficient (Wildman–Crippen LogP) is 3.16. The molecule has 100 valence electrons. The Labute approximate surface area is 106 Å². The first-order valence-corrected chi connectivity index (χ1v) is 6.12. The summed E-state index contributed by atoms with van der Waals surface area (Å²) in [5.74, 6) is -1.58. The second-order valence-electron chi connectivity index (χ2n) is 4.99. The Kier molecular flexibility index (Phi) is 5.41. The summed E-state index contributed by atoms with van der Waals surface area (Å²) in [6.45, 7) is 4.54. The van der Waals surface area contributed by atoms with Crippen molar-refractivity contribution in [2.45, 2.75) is 26.7 Å². The molecule has 1 rings (SSSR count). The highest BCUT2D eigenvalue weighted by atomic mass is 19.2. The summed E-state index contributed by atoms with van der Waals surface area (Å²) in [7, 11) is 0. The minimum absolute atomic E-state index is 0.0885. The Morgan fingerprint density at radius 3 is 2.44 bits per heavy atom. The minimum atomic E-state index is -0.992. The molecule has 0 bridgehead atoms. The molecule has 0 saturated heterocycles. The highest BCUT2D eigenvalue weighted by Gasteiger charge is 2.16. The van der Waals surface area contributed by atoms with Gasteiger partial charge in [0.15, 0.2) is 17.4 Å². The molecule has 1 unspecified atom stereocenters. The van der Waals surface area contributed by atoms with Gasteiger partial charge in [-0.2, -0.15) is 0 Å². The molecule has 0 spiro atoms. The lowest BCUT2D eigenvalue weighted by Crippen LogP contribution is -2.20.